The molecule has 0 spiro atoms. The molecular formula is C11H17NOS. The highest BCUT2D eigenvalue weighted by atomic mass is 32.2. The largest absolute Gasteiger partial charge is 0.375 e. The molecule has 14 heavy (non-hydrogen) atoms. The van der Waals surface area contributed by atoms with Crippen molar-refractivity contribution >= 4 is 11.8 Å². The summed E-state index contributed by atoms with van der Waals surface area (Å²) in [6.07, 6.45) is 6.25. The number of ether oxygens (including phenoxy) is 1. The van der Waals surface area contributed by atoms with Gasteiger partial charge in [-0.3, -0.25) is 0 Å². The predicted molar refractivity (Wildman–Crippen MR) is 58.2 cm³/mol. The van der Waals surface area contributed by atoms with Gasteiger partial charge in [0.05, 0.1) is 18.3 Å². The third kappa shape index (κ3) is 2.07. The summed E-state index contributed by atoms with van der Waals surface area (Å²) >= 11 is 1.84. The van der Waals surface area contributed by atoms with E-state index in [0.717, 1.165) is 31.4 Å². The van der Waals surface area contributed by atoms with Crippen LogP contribution in [0.4, 0.5) is 0 Å². The van der Waals surface area contributed by atoms with E-state index >= 15 is 0 Å². The fraction of sp³-hybridized carbons (Fsp3) is 0.909. The summed E-state index contributed by atoms with van der Waals surface area (Å²) in [7, 11) is 0. The fourth-order valence-corrected chi connectivity index (χ4v) is 3.73. The number of rotatable bonds is 2. The van der Waals surface area contributed by atoms with Gasteiger partial charge in [-0.25, -0.2) is 0 Å². The molecule has 0 bridgehead atoms. The van der Waals surface area contributed by atoms with Crippen LogP contribution in [0, 0.1) is 11.3 Å². The molecule has 2 saturated heterocycles. The summed E-state index contributed by atoms with van der Waals surface area (Å²) in [5.74, 6) is 1.15. The first kappa shape index (κ1) is 10.3. The van der Waals surface area contributed by atoms with Crippen LogP contribution in [0.15, 0.2) is 0 Å². The molecule has 0 aliphatic carbocycles. The van der Waals surface area contributed by atoms with Gasteiger partial charge >= 0.3 is 0 Å². The molecule has 0 amide bonds. The van der Waals surface area contributed by atoms with Crippen molar-refractivity contribution < 1.29 is 4.74 Å². The Labute approximate surface area is 90.0 Å². The van der Waals surface area contributed by atoms with Crippen LogP contribution in [0.5, 0.6) is 0 Å². The average Bonchev–Trinajstić information content (AvgIpc) is 2.77. The maximum atomic E-state index is 9.22. The number of nitrogens with zero attached hydrogens (tertiary/aromatic N) is 1. The Morgan fingerprint density at radius 2 is 2.43 bits per heavy atom. The predicted octanol–water partition coefficient (Wildman–Crippen LogP) is 2.73. The molecular weight excluding hydrogens is 194 g/mol. The second kappa shape index (κ2) is 4.12. The smallest absolute Gasteiger partial charge is 0.105 e. The Kier molecular flexibility index (Phi) is 3.04. The molecule has 2 heterocycles. The molecule has 0 aromatic rings. The highest BCUT2D eigenvalue weighted by Gasteiger charge is 2.39. The number of hydrogen-bond acceptors (Lipinski definition) is 3. The van der Waals surface area contributed by atoms with Crippen LogP contribution in [0.25, 0.3) is 0 Å². The van der Waals surface area contributed by atoms with E-state index in [9.17, 15) is 5.26 Å². The van der Waals surface area contributed by atoms with E-state index in [1.807, 2.05) is 11.8 Å². The lowest BCUT2D eigenvalue weighted by Crippen LogP contribution is -2.26. The summed E-state index contributed by atoms with van der Waals surface area (Å²) in [6.45, 7) is 2.13. The fourth-order valence-electron chi connectivity index (χ4n) is 2.40. The van der Waals surface area contributed by atoms with Crippen molar-refractivity contribution in [3.05, 3.63) is 0 Å². The van der Waals surface area contributed by atoms with Crippen molar-refractivity contribution in [1.82, 2.24) is 0 Å². The minimum absolute atomic E-state index is 0.116. The van der Waals surface area contributed by atoms with Gasteiger partial charge in [0.2, 0.25) is 0 Å². The first-order valence-corrected chi connectivity index (χ1v) is 6.43. The molecule has 2 rings (SSSR count). The Bertz CT molecular complexity index is 242. The van der Waals surface area contributed by atoms with E-state index in [0.29, 0.717) is 12.2 Å². The van der Waals surface area contributed by atoms with Crippen molar-refractivity contribution in [2.75, 3.05) is 5.75 Å². The van der Waals surface area contributed by atoms with Crippen molar-refractivity contribution in [1.29, 1.82) is 5.26 Å². The van der Waals surface area contributed by atoms with Gasteiger partial charge in [0.1, 0.15) is 4.75 Å². The third-order valence-corrected chi connectivity index (χ3v) is 4.69. The standard InChI is InChI=1S/C11H17NOS/c1-9-3-4-10(13-9)7-11(8-12)5-2-6-14-11/h9-10H,2-7H2,1H3. The summed E-state index contributed by atoms with van der Waals surface area (Å²) in [5, 5.41) is 9.22. The number of hydrogen-bond donors (Lipinski definition) is 0. The van der Waals surface area contributed by atoms with E-state index < -0.39 is 0 Å². The van der Waals surface area contributed by atoms with Crippen molar-refractivity contribution in [2.24, 2.45) is 0 Å². The summed E-state index contributed by atoms with van der Waals surface area (Å²) in [4.78, 5) is 0. The minimum atomic E-state index is -0.116. The molecule has 0 aromatic carbocycles. The van der Waals surface area contributed by atoms with Gasteiger partial charge in [-0.1, -0.05) is 0 Å². The number of thioether (sulfide) groups is 1. The first-order valence-electron chi connectivity index (χ1n) is 5.45. The van der Waals surface area contributed by atoms with Gasteiger partial charge in [0.25, 0.3) is 0 Å². The van der Waals surface area contributed by atoms with Crippen LogP contribution in [-0.4, -0.2) is 22.7 Å². The van der Waals surface area contributed by atoms with E-state index in [-0.39, 0.29) is 4.75 Å². The lowest BCUT2D eigenvalue weighted by Gasteiger charge is -2.23. The molecule has 0 radical (unpaired) electrons. The van der Waals surface area contributed by atoms with Crippen LogP contribution in [0.3, 0.4) is 0 Å². The van der Waals surface area contributed by atoms with Crippen LogP contribution < -0.4 is 0 Å². The van der Waals surface area contributed by atoms with Crippen molar-refractivity contribution in [3.63, 3.8) is 0 Å². The average molecular weight is 211 g/mol. The molecule has 78 valence electrons. The normalized spacial score (nSPS) is 42.6. The maximum absolute atomic E-state index is 9.22. The van der Waals surface area contributed by atoms with Gasteiger partial charge < -0.3 is 4.74 Å². The second-order valence-electron chi connectivity index (χ2n) is 4.41. The molecule has 0 aromatic heterocycles. The molecule has 2 aliphatic heterocycles. The highest BCUT2D eigenvalue weighted by Crippen LogP contribution is 2.43. The monoisotopic (exact) mass is 211 g/mol. The Morgan fingerprint density at radius 3 is 2.93 bits per heavy atom. The molecule has 3 atom stereocenters. The van der Waals surface area contributed by atoms with Crippen molar-refractivity contribution in [2.45, 2.75) is 56.0 Å². The van der Waals surface area contributed by atoms with E-state index in [1.54, 1.807) is 0 Å². The van der Waals surface area contributed by atoms with Crippen LogP contribution in [0.2, 0.25) is 0 Å². The van der Waals surface area contributed by atoms with Crippen LogP contribution >= 0.6 is 11.8 Å². The topological polar surface area (TPSA) is 33.0 Å². The molecule has 2 aliphatic rings. The van der Waals surface area contributed by atoms with Crippen LogP contribution in [0.1, 0.15) is 39.0 Å². The molecule has 0 N–H and O–H groups in total. The maximum Gasteiger partial charge on any atom is 0.105 e. The van der Waals surface area contributed by atoms with Gasteiger partial charge in [-0.2, -0.15) is 5.26 Å². The van der Waals surface area contributed by atoms with Gasteiger partial charge in [0, 0.05) is 6.42 Å². The number of nitriles is 1. The lowest BCUT2D eigenvalue weighted by molar-refractivity contribution is 0.0475. The molecule has 2 nitrogen and oxygen atoms in total. The highest BCUT2D eigenvalue weighted by molar-refractivity contribution is 8.01. The second-order valence-corrected chi connectivity index (χ2v) is 5.89. The zero-order valence-electron chi connectivity index (χ0n) is 8.66. The first-order chi connectivity index (χ1) is 6.74. The molecule has 0 saturated carbocycles. The summed E-state index contributed by atoms with van der Waals surface area (Å²) in [6, 6.07) is 2.50. The summed E-state index contributed by atoms with van der Waals surface area (Å²) in [5.41, 5.74) is 0. The zero-order valence-corrected chi connectivity index (χ0v) is 9.48. The van der Waals surface area contributed by atoms with Gasteiger partial charge in [-0.05, 0) is 38.4 Å². The minimum Gasteiger partial charge on any atom is -0.375 e. The van der Waals surface area contributed by atoms with E-state index in [4.69, 9.17) is 4.74 Å². The Morgan fingerprint density at radius 1 is 1.57 bits per heavy atom. The van der Waals surface area contributed by atoms with E-state index in [1.165, 1.54) is 6.42 Å². The third-order valence-electron chi connectivity index (χ3n) is 3.18. The Hall–Kier alpha value is -0.200. The Balaban J connectivity index is 1.92. The van der Waals surface area contributed by atoms with Gasteiger partial charge in [-0.15, -0.1) is 11.8 Å². The van der Waals surface area contributed by atoms with Gasteiger partial charge in [0.15, 0.2) is 0 Å². The van der Waals surface area contributed by atoms with Crippen LogP contribution in [-0.2, 0) is 4.74 Å². The van der Waals surface area contributed by atoms with Crippen molar-refractivity contribution in [3.8, 4) is 6.07 Å². The zero-order chi connectivity index (χ0) is 10.0. The molecule has 2 fully saturated rings. The lowest BCUT2D eigenvalue weighted by atomic mass is 9.96. The van der Waals surface area contributed by atoms with E-state index in [2.05, 4.69) is 13.0 Å². The summed E-state index contributed by atoms with van der Waals surface area (Å²) < 4.78 is 5.67. The molecule has 3 unspecified atom stereocenters. The SMILES string of the molecule is CC1CCC(CC2(C#N)CCCS2)O1. The quantitative estimate of drug-likeness (QED) is 0.704. The molecule has 3 heteroatoms.